The van der Waals surface area contributed by atoms with Crippen molar-refractivity contribution in [2.24, 2.45) is 0 Å². The number of nitrogens with zero attached hydrogens (tertiary/aromatic N) is 2. The average molecular weight is 702 g/mol. The molecule has 4 heteroatoms. The van der Waals surface area contributed by atoms with Gasteiger partial charge in [-0.15, -0.1) is 0 Å². The summed E-state index contributed by atoms with van der Waals surface area (Å²) < 4.78 is 4.40. The number of hydrogen-bond donors (Lipinski definition) is 0. The lowest BCUT2D eigenvalue weighted by Gasteiger charge is -2.28. The number of aryl methyl sites for hydroxylation is 2. The van der Waals surface area contributed by atoms with Crippen molar-refractivity contribution < 1.29 is 9.59 Å². The van der Waals surface area contributed by atoms with E-state index in [0.29, 0.717) is 5.57 Å². The number of hydrogen-bond acceptors (Lipinski definition) is 2. The van der Waals surface area contributed by atoms with E-state index in [0.717, 1.165) is 80.0 Å². The van der Waals surface area contributed by atoms with Crippen molar-refractivity contribution in [3.8, 4) is 5.69 Å². The van der Waals surface area contributed by atoms with E-state index in [1.807, 2.05) is 26.0 Å². The van der Waals surface area contributed by atoms with E-state index in [4.69, 9.17) is 0 Å². The Labute approximate surface area is 316 Å². The number of rotatable bonds is 7. The molecule has 1 fully saturated rings. The van der Waals surface area contributed by atoms with Crippen LogP contribution < -0.4 is 4.58 Å². The van der Waals surface area contributed by atoms with Crippen molar-refractivity contribution in [3.63, 3.8) is 0 Å². The highest BCUT2D eigenvalue weighted by Gasteiger charge is 2.52. The topological polar surface area (TPSA) is 42.1 Å². The number of ketones is 2. The molecule has 0 bridgehead atoms. The highest BCUT2D eigenvalue weighted by atomic mass is 16.2. The first-order chi connectivity index (χ1) is 26.3. The maximum absolute atomic E-state index is 14.6. The highest BCUT2D eigenvalue weighted by molar-refractivity contribution is 6.51. The van der Waals surface area contributed by atoms with Gasteiger partial charge in [-0.25, -0.2) is 0 Å². The third kappa shape index (κ3) is 5.57. The molecule has 0 N–H and O–H groups in total. The third-order valence-corrected chi connectivity index (χ3v) is 11.2. The summed E-state index contributed by atoms with van der Waals surface area (Å²) in [6.07, 6.45) is 1.71. The lowest BCUT2D eigenvalue weighted by atomic mass is 9.69. The minimum atomic E-state index is -0.845. The minimum absolute atomic E-state index is 0.108. The number of fused-ring (bicyclic) bond motifs is 2. The number of allylic oxidation sites excluding steroid dienone is 2. The zero-order chi connectivity index (χ0) is 37.1. The smallest absolute Gasteiger partial charge is 0.219 e. The Kier molecular flexibility index (Phi) is 8.19. The van der Waals surface area contributed by atoms with Gasteiger partial charge in [-0.2, -0.15) is 4.58 Å². The summed E-state index contributed by atoms with van der Waals surface area (Å²) in [7, 11) is 0. The van der Waals surface area contributed by atoms with Gasteiger partial charge in [-0.3, -0.25) is 9.59 Å². The zero-order valence-corrected chi connectivity index (χ0v) is 31.1. The van der Waals surface area contributed by atoms with Crippen LogP contribution in [-0.4, -0.2) is 21.8 Å². The molecule has 1 aliphatic carbocycles. The summed E-state index contributed by atoms with van der Waals surface area (Å²) in [5, 5.41) is 0.956. The molecule has 6 aromatic carbocycles. The van der Waals surface area contributed by atoms with Crippen LogP contribution in [0.4, 0.5) is 11.4 Å². The molecule has 0 unspecified atom stereocenters. The van der Waals surface area contributed by atoms with Gasteiger partial charge in [0, 0.05) is 41.9 Å². The molecule has 1 aliphatic heterocycles. The van der Waals surface area contributed by atoms with Gasteiger partial charge >= 0.3 is 0 Å². The largest absolute Gasteiger partial charge is 0.314 e. The Morgan fingerprint density at radius 3 is 1.70 bits per heavy atom. The fourth-order valence-electron chi connectivity index (χ4n) is 8.58. The molecule has 0 amide bonds. The van der Waals surface area contributed by atoms with Gasteiger partial charge in [0.2, 0.25) is 11.4 Å². The number of aromatic nitrogens is 1. The number of Topliss-reactive ketones (excluding diaryl/α,β-unsaturated/α-hetero) is 2. The molecule has 2 aliphatic rings. The molecule has 0 saturated heterocycles. The lowest BCUT2D eigenvalue weighted by molar-refractivity contribution is -0.133. The Morgan fingerprint density at radius 2 is 1.09 bits per heavy atom. The van der Waals surface area contributed by atoms with E-state index in [1.54, 1.807) is 0 Å². The molecule has 0 radical (unpaired) electrons. The molecule has 1 saturated carbocycles. The molecule has 2 heterocycles. The van der Waals surface area contributed by atoms with Gasteiger partial charge in [-0.1, -0.05) is 108 Å². The summed E-state index contributed by atoms with van der Waals surface area (Å²) in [6.45, 7) is 8.19. The fourth-order valence-corrected chi connectivity index (χ4v) is 8.58. The third-order valence-electron chi connectivity index (χ3n) is 11.2. The first-order valence-corrected chi connectivity index (χ1v) is 18.7. The van der Waals surface area contributed by atoms with Crippen LogP contribution >= 0.6 is 0 Å². The Hall–Kier alpha value is -6.39. The molecule has 1 aromatic heterocycles. The van der Waals surface area contributed by atoms with E-state index < -0.39 is 5.92 Å². The predicted octanol–water partition coefficient (Wildman–Crippen LogP) is 10.7. The quantitative estimate of drug-likeness (QED) is 0.0719. The summed E-state index contributed by atoms with van der Waals surface area (Å²) in [5.41, 5.74) is 15.8. The van der Waals surface area contributed by atoms with Crippen LogP contribution in [0.1, 0.15) is 63.0 Å². The van der Waals surface area contributed by atoms with Crippen molar-refractivity contribution in [3.05, 3.63) is 201 Å². The lowest BCUT2D eigenvalue weighted by Crippen LogP contribution is -2.40. The van der Waals surface area contributed by atoms with Gasteiger partial charge in [0.1, 0.15) is 5.92 Å². The van der Waals surface area contributed by atoms with Crippen LogP contribution in [0.15, 0.2) is 151 Å². The van der Waals surface area contributed by atoms with Gasteiger partial charge in [-0.05, 0) is 91.8 Å². The number of carbonyl (C=O) groups is 2. The molecule has 4 nitrogen and oxygen atoms in total. The first kappa shape index (κ1) is 33.4. The Bertz CT molecular complexity index is 2680. The Balaban J connectivity index is 1.10. The normalized spacial score (nSPS) is 15.3. The van der Waals surface area contributed by atoms with Crippen molar-refractivity contribution in [2.75, 3.05) is 0 Å². The molecule has 0 spiro atoms. The maximum Gasteiger partial charge on any atom is 0.219 e. The molecule has 262 valence electrons. The Morgan fingerprint density at radius 1 is 0.556 bits per heavy atom. The van der Waals surface area contributed by atoms with E-state index in [1.165, 1.54) is 22.3 Å². The summed E-state index contributed by atoms with van der Waals surface area (Å²) in [5.74, 6) is -1.06. The summed E-state index contributed by atoms with van der Waals surface area (Å²) in [6, 6.07) is 50.8. The first-order valence-electron chi connectivity index (χ1n) is 18.7. The molecule has 0 atom stereocenters. The predicted molar refractivity (Wildman–Crippen MR) is 221 cm³/mol. The number of carbonyl (C=O) groups excluding carboxylic acids is 2. The van der Waals surface area contributed by atoms with E-state index >= 15 is 0 Å². The second-order valence-electron chi connectivity index (χ2n) is 14.9. The summed E-state index contributed by atoms with van der Waals surface area (Å²) in [4.78, 5) is 29.2. The molecule has 9 rings (SSSR count). The highest BCUT2D eigenvalue weighted by Crippen LogP contribution is 2.48. The molecule has 7 aromatic rings. The zero-order valence-electron chi connectivity index (χ0n) is 31.1. The SMILES string of the molecule is CC1=[N+](c2ccc(Cc3ccccc3)cc2)c2ccc(C)cc2C1=C1C(=O)C(c2c(C)n(-c3ccc(Cc4ccccc4)cc3)c3ccc(C)cc23)C1=O. The van der Waals surface area contributed by atoms with Crippen LogP contribution in [0, 0.1) is 20.8 Å². The second-order valence-corrected chi connectivity index (χ2v) is 14.9. The van der Waals surface area contributed by atoms with Crippen LogP contribution in [0.25, 0.3) is 22.2 Å². The maximum atomic E-state index is 14.6. The van der Waals surface area contributed by atoms with Gasteiger partial charge in [0.25, 0.3) is 0 Å². The van der Waals surface area contributed by atoms with Gasteiger partial charge < -0.3 is 4.57 Å². The minimum Gasteiger partial charge on any atom is -0.314 e. The average Bonchev–Trinajstić information content (AvgIpc) is 3.61. The van der Waals surface area contributed by atoms with Gasteiger partial charge in [0.05, 0.1) is 22.2 Å². The van der Waals surface area contributed by atoms with Crippen molar-refractivity contribution in [2.45, 2.75) is 46.5 Å². The second kappa shape index (κ2) is 13.2. The van der Waals surface area contributed by atoms with Crippen LogP contribution in [0.3, 0.4) is 0 Å². The van der Waals surface area contributed by atoms with Crippen LogP contribution in [0.5, 0.6) is 0 Å². The standard InChI is InChI=1S/C50H41N2O2/c1-31-15-25-43-41(27-31)45(33(3)51(43)39-21-17-37(18-22-39)29-35-11-7-5-8-12-35)47-49(53)48(50(47)54)46-34(4)52(44-26-16-32(2)28-42(44)46)40-23-19-38(20-24-40)30-36-13-9-6-10-14-36/h5-28,47H,29-30H2,1-4H3/q+1. The molecule has 54 heavy (non-hydrogen) atoms. The monoisotopic (exact) mass is 701 g/mol. The van der Waals surface area contributed by atoms with Crippen LogP contribution in [0.2, 0.25) is 0 Å². The fraction of sp³-hybridized carbons (Fsp3) is 0.140. The van der Waals surface area contributed by atoms with Crippen molar-refractivity contribution in [1.82, 2.24) is 9.14 Å². The summed E-state index contributed by atoms with van der Waals surface area (Å²) >= 11 is 0. The molecular formula is C50H41N2O2+. The van der Waals surface area contributed by atoms with Gasteiger partial charge in [0.15, 0.2) is 17.3 Å². The number of benzene rings is 6. The van der Waals surface area contributed by atoms with E-state index in [-0.39, 0.29) is 11.6 Å². The van der Waals surface area contributed by atoms with E-state index in [2.05, 4.69) is 156 Å². The van der Waals surface area contributed by atoms with E-state index in [9.17, 15) is 9.59 Å². The van der Waals surface area contributed by atoms with Crippen molar-refractivity contribution in [1.29, 1.82) is 0 Å². The van der Waals surface area contributed by atoms with Crippen LogP contribution in [-0.2, 0) is 22.4 Å². The van der Waals surface area contributed by atoms with Crippen molar-refractivity contribution >= 4 is 45.1 Å². The molecular weight excluding hydrogens is 661 g/mol.